The summed E-state index contributed by atoms with van der Waals surface area (Å²) < 4.78 is 30.5. The Morgan fingerprint density at radius 1 is 1.15 bits per heavy atom. The molecule has 0 aliphatic carbocycles. The zero-order chi connectivity index (χ0) is 15.2. The highest BCUT2D eigenvalue weighted by Gasteiger charge is 2.33. The first-order valence-electron chi connectivity index (χ1n) is 7.02. The fraction of sp³-hybridized carbons (Fsp3) is 0.600. The molecule has 114 valence electrons. The summed E-state index contributed by atoms with van der Waals surface area (Å²) in [7, 11) is 0.508. The van der Waals surface area contributed by atoms with Gasteiger partial charge < -0.3 is 13.9 Å². The Bertz CT molecular complexity index is 400. The van der Waals surface area contributed by atoms with Gasteiger partial charge in [-0.2, -0.15) is 0 Å². The molecule has 0 saturated heterocycles. The van der Waals surface area contributed by atoms with E-state index in [0.29, 0.717) is 23.3 Å². The molecule has 3 nitrogen and oxygen atoms in total. The molecule has 0 aromatic heterocycles. The molecule has 1 rings (SSSR count). The molecule has 5 heteroatoms. The van der Waals surface area contributed by atoms with Gasteiger partial charge in [0.25, 0.3) is 5.97 Å². The summed E-state index contributed by atoms with van der Waals surface area (Å²) in [6, 6.07) is 6.57. The molecule has 0 amide bonds. The molecule has 1 aromatic rings. The molecule has 0 saturated carbocycles. The first-order chi connectivity index (χ1) is 9.37. The fourth-order valence-corrected chi connectivity index (χ4v) is 2.45. The van der Waals surface area contributed by atoms with Crippen LogP contribution in [0.1, 0.15) is 39.7 Å². The molecule has 0 heterocycles. The van der Waals surface area contributed by atoms with Crippen LogP contribution in [0.25, 0.3) is 0 Å². The van der Waals surface area contributed by atoms with Gasteiger partial charge in [-0.05, 0) is 51.8 Å². The van der Waals surface area contributed by atoms with E-state index in [-0.39, 0.29) is 18.0 Å². The molecule has 0 aliphatic rings. The second kappa shape index (κ2) is 7.88. The Labute approximate surface area is 124 Å². The number of aryl methyl sites for hydroxylation is 1. The molecule has 0 fully saturated rings. The van der Waals surface area contributed by atoms with E-state index in [1.54, 1.807) is 6.07 Å². The van der Waals surface area contributed by atoms with Crippen molar-refractivity contribution in [2.45, 2.75) is 58.7 Å². The van der Waals surface area contributed by atoms with Crippen molar-refractivity contribution in [2.24, 2.45) is 0 Å². The van der Waals surface area contributed by atoms with Gasteiger partial charge in [0.05, 0.1) is 12.2 Å². The van der Waals surface area contributed by atoms with Crippen molar-refractivity contribution in [1.29, 1.82) is 0 Å². The van der Waals surface area contributed by atoms with Crippen LogP contribution in [-0.4, -0.2) is 28.7 Å². The molecule has 20 heavy (non-hydrogen) atoms. The lowest BCUT2D eigenvalue weighted by molar-refractivity contribution is -0.368. The van der Waals surface area contributed by atoms with Crippen LogP contribution in [0.3, 0.4) is 0 Å². The lowest BCUT2D eigenvalue weighted by atomic mass is 10.1. The largest absolute Gasteiger partial charge is 0.380 e. The van der Waals surface area contributed by atoms with Gasteiger partial charge in [0, 0.05) is 6.42 Å². The van der Waals surface area contributed by atoms with Gasteiger partial charge in [0.2, 0.25) is 0 Å². The summed E-state index contributed by atoms with van der Waals surface area (Å²) in [6.45, 7) is 7.78. The van der Waals surface area contributed by atoms with Crippen molar-refractivity contribution in [2.75, 3.05) is 0 Å². The molecular weight excluding hydrogens is 275 g/mol. The SMILES string of the molecule is CC(C)OC(CCc1cccc(F)c1)(O[SiH3])OC(C)C. The van der Waals surface area contributed by atoms with E-state index in [4.69, 9.17) is 13.9 Å². The Balaban J connectivity index is 2.77. The molecule has 0 atom stereocenters. The number of hydrogen-bond acceptors (Lipinski definition) is 3. The van der Waals surface area contributed by atoms with Gasteiger partial charge in [0.1, 0.15) is 5.82 Å². The predicted octanol–water partition coefficient (Wildman–Crippen LogP) is 2.56. The Kier molecular flexibility index (Phi) is 6.81. The van der Waals surface area contributed by atoms with Crippen LogP contribution in [-0.2, 0) is 20.3 Å². The molecule has 0 bridgehead atoms. The number of rotatable bonds is 8. The maximum absolute atomic E-state index is 13.2. The Morgan fingerprint density at radius 2 is 1.75 bits per heavy atom. The van der Waals surface area contributed by atoms with Crippen molar-refractivity contribution in [1.82, 2.24) is 0 Å². The van der Waals surface area contributed by atoms with E-state index < -0.39 is 5.97 Å². The molecule has 0 radical (unpaired) electrons. The monoisotopic (exact) mass is 300 g/mol. The third kappa shape index (κ3) is 5.71. The summed E-state index contributed by atoms with van der Waals surface area (Å²) in [6.07, 6.45) is 1.17. The number of ether oxygens (including phenoxy) is 2. The van der Waals surface area contributed by atoms with Crippen molar-refractivity contribution < 1.29 is 18.3 Å². The summed E-state index contributed by atoms with van der Waals surface area (Å²) in [4.78, 5) is 0. The third-order valence-corrected chi connectivity index (χ3v) is 3.37. The van der Waals surface area contributed by atoms with Gasteiger partial charge >= 0.3 is 0 Å². The smallest absolute Gasteiger partial charge is 0.273 e. The Morgan fingerprint density at radius 3 is 2.20 bits per heavy atom. The van der Waals surface area contributed by atoms with Gasteiger partial charge in [-0.15, -0.1) is 0 Å². The molecule has 0 spiro atoms. The normalized spacial score (nSPS) is 12.6. The van der Waals surface area contributed by atoms with Crippen LogP contribution in [0.4, 0.5) is 4.39 Å². The average Bonchev–Trinajstić information content (AvgIpc) is 2.35. The average molecular weight is 300 g/mol. The third-order valence-electron chi connectivity index (χ3n) is 2.75. The minimum atomic E-state index is -1.03. The minimum Gasteiger partial charge on any atom is -0.380 e. The summed E-state index contributed by atoms with van der Waals surface area (Å²) in [5, 5.41) is 0. The lowest BCUT2D eigenvalue weighted by Crippen LogP contribution is -2.43. The number of benzene rings is 1. The quantitative estimate of drug-likeness (QED) is 0.545. The topological polar surface area (TPSA) is 27.7 Å². The molecule has 0 N–H and O–H groups in total. The maximum atomic E-state index is 13.2. The first-order valence-corrected chi connectivity index (χ1v) is 7.84. The van der Waals surface area contributed by atoms with Crippen molar-refractivity contribution in [3.63, 3.8) is 0 Å². The second-order valence-electron chi connectivity index (χ2n) is 5.35. The van der Waals surface area contributed by atoms with Crippen molar-refractivity contribution in [3.05, 3.63) is 35.6 Å². The van der Waals surface area contributed by atoms with Crippen LogP contribution in [0, 0.1) is 5.82 Å². The zero-order valence-corrected chi connectivity index (χ0v) is 15.0. The minimum absolute atomic E-state index is 0.00444. The highest BCUT2D eigenvalue weighted by atomic mass is 28.2. The van der Waals surface area contributed by atoms with Gasteiger partial charge in [-0.1, -0.05) is 12.1 Å². The number of hydrogen-bond donors (Lipinski definition) is 0. The summed E-state index contributed by atoms with van der Waals surface area (Å²) in [5.74, 6) is -1.25. The highest BCUT2D eigenvalue weighted by Crippen LogP contribution is 2.25. The van der Waals surface area contributed by atoms with Crippen molar-refractivity contribution in [3.8, 4) is 0 Å². The van der Waals surface area contributed by atoms with Crippen LogP contribution >= 0.6 is 0 Å². The zero-order valence-electron chi connectivity index (χ0n) is 13.0. The van der Waals surface area contributed by atoms with Crippen LogP contribution in [0.2, 0.25) is 0 Å². The van der Waals surface area contributed by atoms with E-state index in [1.807, 2.05) is 33.8 Å². The second-order valence-corrected chi connectivity index (χ2v) is 5.76. The lowest BCUT2D eigenvalue weighted by Gasteiger charge is -2.36. The standard InChI is InChI=1S/C15H25FO3Si/c1-11(2)17-15(19-20,18-12(3)4)9-8-13-6-5-7-14(16)10-13/h5-7,10-12H,8-9H2,1-4,20H3. The van der Waals surface area contributed by atoms with Gasteiger partial charge in [-0.3, -0.25) is 0 Å². The van der Waals surface area contributed by atoms with E-state index in [9.17, 15) is 4.39 Å². The first kappa shape index (κ1) is 17.3. The van der Waals surface area contributed by atoms with Crippen LogP contribution in [0.15, 0.2) is 24.3 Å². The highest BCUT2D eigenvalue weighted by molar-refractivity contribution is 5.98. The predicted molar refractivity (Wildman–Crippen MR) is 80.9 cm³/mol. The fourth-order valence-electron chi connectivity index (χ4n) is 2.05. The molecular formula is C15H25FO3Si. The van der Waals surface area contributed by atoms with Crippen molar-refractivity contribution >= 4 is 10.5 Å². The molecule has 1 aromatic carbocycles. The van der Waals surface area contributed by atoms with E-state index in [1.165, 1.54) is 12.1 Å². The van der Waals surface area contributed by atoms with E-state index >= 15 is 0 Å². The summed E-state index contributed by atoms with van der Waals surface area (Å²) in [5.41, 5.74) is 0.910. The maximum Gasteiger partial charge on any atom is 0.273 e. The van der Waals surface area contributed by atoms with Crippen LogP contribution in [0.5, 0.6) is 0 Å². The number of halogens is 1. The van der Waals surface area contributed by atoms with Gasteiger partial charge in [-0.25, -0.2) is 4.39 Å². The summed E-state index contributed by atoms with van der Waals surface area (Å²) >= 11 is 0. The van der Waals surface area contributed by atoms with E-state index in [0.717, 1.165) is 5.56 Å². The molecule has 0 unspecified atom stereocenters. The van der Waals surface area contributed by atoms with Crippen LogP contribution < -0.4 is 0 Å². The molecule has 0 aliphatic heterocycles. The Hall–Kier alpha value is -0.753. The van der Waals surface area contributed by atoms with Gasteiger partial charge in [0.15, 0.2) is 10.5 Å². The van der Waals surface area contributed by atoms with E-state index in [2.05, 4.69) is 0 Å².